The Hall–Kier alpha value is -5.48. The van der Waals surface area contributed by atoms with Crippen molar-refractivity contribution < 1.29 is 14.5 Å². The molecule has 0 bridgehead atoms. The van der Waals surface area contributed by atoms with E-state index in [1.807, 2.05) is 84.9 Å². The molecule has 190 valence electrons. The summed E-state index contributed by atoms with van der Waals surface area (Å²) in [4.78, 5) is 24.1. The Morgan fingerprint density at radius 2 is 1.64 bits per heavy atom. The molecule has 39 heavy (non-hydrogen) atoms. The molecule has 0 aliphatic heterocycles. The monoisotopic (exact) mass is 513 g/mol. The van der Waals surface area contributed by atoms with Gasteiger partial charge >= 0.3 is 0 Å². The van der Waals surface area contributed by atoms with Crippen LogP contribution in [0.3, 0.4) is 0 Å². The highest BCUT2D eigenvalue weighted by Crippen LogP contribution is 2.32. The number of nitriles is 1. The largest absolute Gasteiger partial charge is 0.488 e. The number of nitro groups is 1. The molecule has 0 unspecified atom stereocenters. The summed E-state index contributed by atoms with van der Waals surface area (Å²) in [7, 11) is 0. The number of carbonyl (C=O) groups excluding carboxylic acids is 1. The number of hydrogen-bond donors (Lipinski definition) is 1. The lowest BCUT2D eigenvalue weighted by atomic mass is 10.0. The quantitative estimate of drug-likeness (QED) is 0.106. The predicted molar refractivity (Wildman–Crippen MR) is 152 cm³/mol. The van der Waals surface area contributed by atoms with E-state index in [0.717, 1.165) is 27.1 Å². The average molecular weight is 514 g/mol. The molecule has 0 saturated heterocycles. The molecule has 5 rings (SSSR count). The van der Waals surface area contributed by atoms with Crippen LogP contribution in [0, 0.1) is 28.4 Å². The van der Waals surface area contributed by atoms with Gasteiger partial charge in [0.15, 0.2) is 0 Å². The first-order valence-corrected chi connectivity index (χ1v) is 12.2. The zero-order chi connectivity index (χ0) is 27.4. The number of carbonyl (C=O) groups is 1. The van der Waals surface area contributed by atoms with Gasteiger partial charge in [-0.2, -0.15) is 5.26 Å². The van der Waals surface area contributed by atoms with E-state index in [9.17, 15) is 20.2 Å². The van der Waals surface area contributed by atoms with E-state index in [1.54, 1.807) is 13.0 Å². The maximum absolute atomic E-state index is 13.1. The van der Waals surface area contributed by atoms with Crippen LogP contribution in [0.15, 0.2) is 103 Å². The number of hydrogen-bond acceptors (Lipinski definition) is 5. The van der Waals surface area contributed by atoms with Crippen molar-refractivity contribution in [3.8, 4) is 11.8 Å². The number of rotatable bonds is 7. The first kappa shape index (κ1) is 25.2. The lowest BCUT2D eigenvalue weighted by Crippen LogP contribution is -2.14. The number of aryl methyl sites for hydroxylation is 1. The van der Waals surface area contributed by atoms with Crippen molar-refractivity contribution in [1.82, 2.24) is 0 Å². The van der Waals surface area contributed by atoms with E-state index >= 15 is 0 Å². The molecule has 0 atom stereocenters. The zero-order valence-electron chi connectivity index (χ0n) is 21.0. The second-order valence-corrected chi connectivity index (χ2v) is 9.03. The van der Waals surface area contributed by atoms with E-state index in [4.69, 9.17) is 4.74 Å². The number of nitrogens with one attached hydrogen (secondary N) is 1. The Morgan fingerprint density at radius 3 is 2.38 bits per heavy atom. The van der Waals surface area contributed by atoms with E-state index in [0.29, 0.717) is 16.9 Å². The van der Waals surface area contributed by atoms with Crippen molar-refractivity contribution >= 4 is 44.9 Å². The number of amides is 1. The highest BCUT2D eigenvalue weighted by molar-refractivity contribution is 6.12. The van der Waals surface area contributed by atoms with E-state index in [2.05, 4.69) is 5.32 Å². The average Bonchev–Trinajstić information content (AvgIpc) is 2.95. The van der Waals surface area contributed by atoms with Crippen molar-refractivity contribution in [2.75, 3.05) is 5.32 Å². The summed E-state index contributed by atoms with van der Waals surface area (Å²) in [6, 6.07) is 31.8. The Kier molecular flexibility index (Phi) is 7.02. The van der Waals surface area contributed by atoms with Gasteiger partial charge in [0, 0.05) is 11.6 Å². The summed E-state index contributed by atoms with van der Waals surface area (Å²) in [5.41, 5.74) is 1.81. The third-order valence-electron chi connectivity index (χ3n) is 6.45. The predicted octanol–water partition coefficient (Wildman–Crippen LogP) is 7.33. The standard InChI is InChI=1S/C32H23N3O4/c1-21-13-15-29(30(17-21)35(37)38)34-32(36)25(19-33)18-28-27-12-5-3-8-23(27)14-16-31(28)39-20-24-10-6-9-22-7-2-4-11-26(22)24/h2-18H,20H2,1H3,(H,34,36)/b25-18+. The van der Waals surface area contributed by atoms with Crippen LogP contribution < -0.4 is 10.1 Å². The summed E-state index contributed by atoms with van der Waals surface area (Å²) in [5.74, 6) is -0.249. The summed E-state index contributed by atoms with van der Waals surface area (Å²) in [5, 5.41) is 27.8. The first-order chi connectivity index (χ1) is 18.9. The molecule has 5 aromatic carbocycles. The van der Waals surface area contributed by atoms with Crippen molar-refractivity contribution in [3.63, 3.8) is 0 Å². The molecular weight excluding hydrogens is 490 g/mol. The van der Waals surface area contributed by atoms with Gasteiger partial charge in [0.25, 0.3) is 11.6 Å². The topological polar surface area (TPSA) is 105 Å². The molecule has 0 heterocycles. The van der Waals surface area contributed by atoms with Gasteiger partial charge in [-0.15, -0.1) is 0 Å². The molecular formula is C32H23N3O4. The van der Waals surface area contributed by atoms with Gasteiger partial charge in [-0.25, -0.2) is 0 Å². The SMILES string of the molecule is Cc1ccc(NC(=O)/C(C#N)=C/c2c(OCc3cccc4ccccc34)ccc3ccccc23)c([N+](=O)[O-])c1. The molecule has 7 nitrogen and oxygen atoms in total. The fourth-order valence-electron chi connectivity index (χ4n) is 4.51. The van der Waals surface area contributed by atoms with E-state index in [1.165, 1.54) is 18.2 Å². The van der Waals surface area contributed by atoms with Gasteiger partial charge in [-0.05, 0) is 57.8 Å². The van der Waals surface area contributed by atoms with Crippen LogP contribution in [0.5, 0.6) is 5.75 Å². The van der Waals surface area contributed by atoms with Crippen LogP contribution in [-0.4, -0.2) is 10.8 Å². The summed E-state index contributed by atoms with van der Waals surface area (Å²) >= 11 is 0. The van der Waals surface area contributed by atoms with Crippen molar-refractivity contribution in [3.05, 3.63) is 129 Å². The molecule has 0 aliphatic rings. The van der Waals surface area contributed by atoms with E-state index < -0.39 is 10.8 Å². The highest BCUT2D eigenvalue weighted by atomic mass is 16.6. The lowest BCUT2D eigenvalue weighted by Gasteiger charge is -2.14. The Morgan fingerprint density at radius 1 is 0.949 bits per heavy atom. The molecule has 1 amide bonds. The number of nitro benzene ring substituents is 1. The molecule has 5 aromatic rings. The van der Waals surface area contributed by atoms with Gasteiger partial charge in [0.05, 0.1) is 4.92 Å². The number of anilines is 1. The fourth-order valence-corrected chi connectivity index (χ4v) is 4.51. The summed E-state index contributed by atoms with van der Waals surface area (Å²) < 4.78 is 6.27. The number of ether oxygens (including phenoxy) is 1. The number of fused-ring (bicyclic) bond motifs is 2. The Labute approximate surface area is 224 Å². The molecule has 0 aliphatic carbocycles. The summed E-state index contributed by atoms with van der Waals surface area (Å²) in [6.07, 6.45) is 1.47. The summed E-state index contributed by atoms with van der Waals surface area (Å²) in [6.45, 7) is 2.00. The zero-order valence-corrected chi connectivity index (χ0v) is 21.0. The van der Waals surface area contributed by atoms with Crippen LogP contribution in [0.4, 0.5) is 11.4 Å². The normalized spacial score (nSPS) is 11.2. The minimum atomic E-state index is -0.752. The van der Waals surface area contributed by atoms with Crippen LogP contribution in [-0.2, 0) is 11.4 Å². The molecule has 0 saturated carbocycles. The number of benzene rings is 5. The second-order valence-electron chi connectivity index (χ2n) is 9.03. The molecule has 0 fully saturated rings. The fraction of sp³-hybridized carbons (Fsp3) is 0.0625. The van der Waals surface area contributed by atoms with Crippen molar-refractivity contribution in [2.45, 2.75) is 13.5 Å². The highest BCUT2D eigenvalue weighted by Gasteiger charge is 2.19. The Bertz CT molecular complexity index is 1810. The third-order valence-corrected chi connectivity index (χ3v) is 6.45. The van der Waals surface area contributed by atoms with Gasteiger partial charge in [0.2, 0.25) is 0 Å². The van der Waals surface area contributed by atoms with Gasteiger partial charge in [-0.1, -0.05) is 78.9 Å². The van der Waals surface area contributed by atoms with Crippen LogP contribution in [0.2, 0.25) is 0 Å². The first-order valence-electron chi connectivity index (χ1n) is 12.2. The molecule has 0 aromatic heterocycles. The van der Waals surface area contributed by atoms with Gasteiger partial charge in [-0.3, -0.25) is 14.9 Å². The van der Waals surface area contributed by atoms with Crippen molar-refractivity contribution in [2.24, 2.45) is 0 Å². The minimum absolute atomic E-state index is 0.0158. The van der Waals surface area contributed by atoms with Crippen LogP contribution in [0.25, 0.3) is 27.6 Å². The molecule has 7 heteroatoms. The smallest absolute Gasteiger partial charge is 0.293 e. The maximum atomic E-state index is 13.1. The van der Waals surface area contributed by atoms with Gasteiger partial charge < -0.3 is 10.1 Å². The Balaban J connectivity index is 1.52. The molecule has 0 radical (unpaired) electrons. The minimum Gasteiger partial charge on any atom is -0.488 e. The lowest BCUT2D eigenvalue weighted by molar-refractivity contribution is -0.384. The number of nitrogens with zero attached hydrogens (tertiary/aromatic N) is 2. The van der Waals surface area contributed by atoms with E-state index in [-0.39, 0.29) is 23.6 Å². The second kappa shape index (κ2) is 10.9. The third kappa shape index (κ3) is 5.31. The molecule has 1 N–H and O–H groups in total. The van der Waals surface area contributed by atoms with Crippen LogP contribution >= 0.6 is 0 Å². The molecule has 0 spiro atoms. The van der Waals surface area contributed by atoms with Gasteiger partial charge in [0.1, 0.15) is 29.7 Å². The maximum Gasteiger partial charge on any atom is 0.293 e. The van der Waals surface area contributed by atoms with Crippen LogP contribution in [0.1, 0.15) is 16.7 Å². The van der Waals surface area contributed by atoms with Crippen molar-refractivity contribution in [1.29, 1.82) is 5.26 Å².